The molecule has 0 saturated heterocycles. The Hall–Kier alpha value is -1.44. The highest BCUT2D eigenvalue weighted by Gasteiger charge is 2.34. The average molecular weight is 356 g/mol. The Bertz CT molecular complexity index is 534. The Morgan fingerprint density at radius 1 is 1.38 bits per heavy atom. The monoisotopic (exact) mass is 354 g/mol. The summed E-state index contributed by atoms with van der Waals surface area (Å²) in [6.07, 6.45) is -1.07. The van der Waals surface area contributed by atoms with Gasteiger partial charge in [-0.25, -0.2) is 4.79 Å². The quantitative estimate of drug-likeness (QED) is 0.376. The maximum absolute atomic E-state index is 11.7. The van der Waals surface area contributed by atoms with Crippen molar-refractivity contribution >= 4 is 52.2 Å². The second-order valence-electron chi connectivity index (χ2n) is 4.27. The molecule has 0 fully saturated rings. The van der Waals surface area contributed by atoms with Gasteiger partial charge in [-0.05, 0) is 6.07 Å². The van der Waals surface area contributed by atoms with Crippen LogP contribution in [0.3, 0.4) is 0 Å². The van der Waals surface area contributed by atoms with E-state index in [0.717, 1.165) is 0 Å². The molecular formula is C11H13Cl3N4O3. The fraction of sp³-hybridized carbons (Fsp3) is 0.364. The van der Waals surface area contributed by atoms with Crippen LogP contribution in [0.1, 0.15) is 0 Å². The lowest BCUT2D eigenvalue weighted by Gasteiger charge is -2.28. The molecule has 0 bridgehead atoms. The zero-order valence-corrected chi connectivity index (χ0v) is 13.4. The number of amides is 2. The molecule has 0 aliphatic carbocycles. The van der Waals surface area contributed by atoms with Gasteiger partial charge < -0.3 is 15.5 Å². The van der Waals surface area contributed by atoms with Gasteiger partial charge in [-0.2, -0.15) is 0 Å². The number of carbonyl (C=O) groups excluding carboxylic acids is 1. The lowest BCUT2D eigenvalue weighted by molar-refractivity contribution is -0.384. The standard InChI is InChI=1S/C11H13Cl3N4O3/c1-17(2)10(19)16-9(11(12,13)14)15-7-4-3-5-8(6-7)18(20)21/h3-6,9,15H,1-2H3,(H,16,19)/t9-/m1/s1. The van der Waals surface area contributed by atoms with Gasteiger partial charge in [-0.3, -0.25) is 10.1 Å². The molecule has 10 heteroatoms. The molecule has 0 aliphatic rings. The van der Waals surface area contributed by atoms with E-state index in [1.165, 1.54) is 37.2 Å². The van der Waals surface area contributed by atoms with E-state index in [0.29, 0.717) is 5.69 Å². The van der Waals surface area contributed by atoms with Crippen molar-refractivity contribution in [2.75, 3.05) is 19.4 Å². The van der Waals surface area contributed by atoms with Crippen LogP contribution in [0.4, 0.5) is 16.2 Å². The minimum absolute atomic E-state index is 0.123. The third-order valence-electron chi connectivity index (χ3n) is 2.37. The maximum atomic E-state index is 11.7. The topological polar surface area (TPSA) is 87.5 Å². The second-order valence-corrected chi connectivity index (χ2v) is 6.64. The third-order valence-corrected chi connectivity index (χ3v) is 3.02. The summed E-state index contributed by atoms with van der Waals surface area (Å²) in [5, 5.41) is 15.9. The van der Waals surface area contributed by atoms with Crippen molar-refractivity contribution in [3.63, 3.8) is 0 Å². The Labute approximate surface area is 136 Å². The van der Waals surface area contributed by atoms with Crippen LogP contribution in [-0.4, -0.2) is 39.9 Å². The van der Waals surface area contributed by atoms with Gasteiger partial charge >= 0.3 is 6.03 Å². The van der Waals surface area contributed by atoms with Crippen LogP contribution < -0.4 is 10.6 Å². The van der Waals surface area contributed by atoms with Crippen LogP contribution in [0.15, 0.2) is 24.3 Å². The Morgan fingerprint density at radius 3 is 2.48 bits per heavy atom. The minimum Gasteiger partial charge on any atom is -0.362 e. The van der Waals surface area contributed by atoms with Gasteiger partial charge in [0.05, 0.1) is 4.92 Å². The van der Waals surface area contributed by atoms with E-state index in [2.05, 4.69) is 10.6 Å². The smallest absolute Gasteiger partial charge is 0.318 e. The zero-order chi connectivity index (χ0) is 16.2. The number of halogens is 3. The van der Waals surface area contributed by atoms with E-state index in [1.54, 1.807) is 6.07 Å². The number of nitro benzene ring substituents is 1. The molecule has 0 spiro atoms. The van der Waals surface area contributed by atoms with Gasteiger partial charge in [0.1, 0.15) is 6.17 Å². The summed E-state index contributed by atoms with van der Waals surface area (Å²) < 4.78 is -1.85. The molecule has 0 aromatic heterocycles. The van der Waals surface area contributed by atoms with Gasteiger partial charge in [-0.1, -0.05) is 40.9 Å². The largest absolute Gasteiger partial charge is 0.362 e. The van der Waals surface area contributed by atoms with E-state index < -0.39 is 20.9 Å². The predicted molar refractivity (Wildman–Crippen MR) is 83.0 cm³/mol. The first-order chi connectivity index (χ1) is 9.61. The van der Waals surface area contributed by atoms with Gasteiger partial charge in [0.15, 0.2) is 0 Å². The Morgan fingerprint density at radius 2 is 2.00 bits per heavy atom. The molecule has 1 aromatic carbocycles. The Balaban J connectivity index is 2.94. The predicted octanol–water partition coefficient (Wildman–Crippen LogP) is 2.97. The van der Waals surface area contributed by atoms with Crippen molar-refractivity contribution in [1.82, 2.24) is 10.2 Å². The first-order valence-corrected chi connectivity index (χ1v) is 6.80. The van der Waals surface area contributed by atoms with Gasteiger partial charge in [0.25, 0.3) is 5.69 Å². The van der Waals surface area contributed by atoms with E-state index in [1.807, 2.05) is 0 Å². The highest BCUT2D eigenvalue weighted by Crippen LogP contribution is 2.31. The second kappa shape index (κ2) is 7.02. The van der Waals surface area contributed by atoms with Crippen molar-refractivity contribution in [1.29, 1.82) is 0 Å². The summed E-state index contributed by atoms with van der Waals surface area (Å²) in [7, 11) is 3.05. The van der Waals surface area contributed by atoms with E-state index in [9.17, 15) is 14.9 Å². The summed E-state index contributed by atoms with van der Waals surface area (Å²) in [5.74, 6) is 0. The van der Waals surface area contributed by atoms with Crippen LogP contribution in [0.2, 0.25) is 0 Å². The van der Waals surface area contributed by atoms with E-state index >= 15 is 0 Å². The fourth-order valence-electron chi connectivity index (χ4n) is 1.33. The molecule has 1 rings (SSSR count). The molecule has 0 aliphatic heterocycles. The third kappa shape index (κ3) is 5.45. The molecule has 2 amide bonds. The van der Waals surface area contributed by atoms with Gasteiger partial charge in [-0.15, -0.1) is 0 Å². The molecule has 1 atom stereocenters. The molecule has 2 N–H and O–H groups in total. The van der Waals surface area contributed by atoms with Crippen LogP contribution in [0, 0.1) is 10.1 Å². The summed E-state index contributed by atoms with van der Waals surface area (Å²) in [5.41, 5.74) is 0.210. The lowest BCUT2D eigenvalue weighted by atomic mass is 10.2. The van der Waals surface area contributed by atoms with Crippen LogP contribution >= 0.6 is 34.8 Å². The number of anilines is 1. The maximum Gasteiger partial charge on any atom is 0.318 e. The lowest BCUT2D eigenvalue weighted by Crippen LogP contribution is -2.52. The molecule has 7 nitrogen and oxygen atoms in total. The molecule has 0 saturated carbocycles. The molecule has 0 heterocycles. The van der Waals surface area contributed by atoms with Gasteiger partial charge in [0.2, 0.25) is 3.79 Å². The van der Waals surface area contributed by atoms with Crippen molar-refractivity contribution < 1.29 is 9.72 Å². The SMILES string of the molecule is CN(C)C(=O)N[C@@H](Nc1cccc([N+](=O)[O-])c1)C(Cl)(Cl)Cl. The number of benzene rings is 1. The number of urea groups is 1. The summed E-state index contributed by atoms with van der Waals surface area (Å²) in [4.78, 5) is 23.1. The summed E-state index contributed by atoms with van der Waals surface area (Å²) in [6.45, 7) is 0. The molecular weight excluding hydrogens is 343 g/mol. The molecule has 1 aromatic rings. The number of hydrogen-bond acceptors (Lipinski definition) is 4. The normalized spacial score (nSPS) is 12.4. The number of non-ortho nitro benzene ring substituents is 1. The molecule has 21 heavy (non-hydrogen) atoms. The molecule has 116 valence electrons. The highest BCUT2D eigenvalue weighted by atomic mass is 35.6. The number of alkyl halides is 3. The van der Waals surface area contributed by atoms with Crippen molar-refractivity contribution in [3.8, 4) is 0 Å². The first-order valence-electron chi connectivity index (χ1n) is 5.67. The number of carbonyl (C=O) groups is 1. The van der Waals surface area contributed by atoms with E-state index in [-0.39, 0.29) is 5.69 Å². The fourth-order valence-corrected chi connectivity index (χ4v) is 1.66. The number of hydrogen-bond donors (Lipinski definition) is 2. The van der Waals surface area contributed by atoms with Gasteiger partial charge in [0, 0.05) is 31.9 Å². The molecule has 0 radical (unpaired) electrons. The zero-order valence-electron chi connectivity index (χ0n) is 11.1. The minimum atomic E-state index is -1.85. The van der Waals surface area contributed by atoms with Crippen molar-refractivity contribution in [2.24, 2.45) is 0 Å². The van der Waals surface area contributed by atoms with Crippen LogP contribution in [0.25, 0.3) is 0 Å². The number of nitrogens with one attached hydrogen (secondary N) is 2. The molecule has 0 unspecified atom stereocenters. The number of nitro groups is 1. The first kappa shape index (κ1) is 17.6. The van der Waals surface area contributed by atoms with Crippen LogP contribution in [-0.2, 0) is 0 Å². The number of nitrogens with zero attached hydrogens (tertiary/aromatic N) is 2. The van der Waals surface area contributed by atoms with Crippen molar-refractivity contribution in [3.05, 3.63) is 34.4 Å². The summed E-state index contributed by atoms with van der Waals surface area (Å²) >= 11 is 17.4. The Kier molecular flexibility index (Phi) is 5.88. The summed E-state index contributed by atoms with van der Waals surface area (Å²) in [6, 6.07) is 5.14. The van der Waals surface area contributed by atoms with Crippen LogP contribution in [0.5, 0.6) is 0 Å². The van der Waals surface area contributed by atoms with E-state index in [4.69, 9.17) is 34.8 Å². The number of rotatable bonds is 4. The highest BCUT2D eigenvalue weighted by molar-refractivity contribution is 6.68. The average Bonchev–Trinajstić information content (AvgIpc) is 2.36. The van der Waals surface area contributed by atoms with Crippen molar-refractivity contribution in [2.45, 2.75) is 9.96 Å².